The zero-order valence-corrected chi connectivity index (χ0v) is 13.6. The molecule has 1 aliphatic heterocycles. The summed E-state index contributed by atoms with van der Waals surface area (Å²) < 4.78 is 0. The SMILES string of the molecule is C[C@H](Sc1ncccn1)C(=O)N1c2ccccc2CC[C@@H]1C. The summed E-state index contributed by atoms with van der Waals surface area (Å²) in [5, 5.41) is 0.428. The average Bonchev–Trinajstić information content (AvgIpc) is 2.55. The highest BCUT2D eigenvalue weighted by molar-refractivity contribution is 8.00. The molecule has 1 aromatic carbocycles. The smallest absolute Gasteiger partial charge is 0.240 e. The number of aryl methyl sites for hydroxylation is 1. The molecule has 0 fully saturated rings. The second-order valence-corrected chi connectivity index (χ2v) is 6.82. The van der Waals surface area contributed by atoms with Crippen molar-refractivity contribution in [2.24, 2.45) is 0 Å². The molecule has 5 heteroatoms. The number of carbonyl (C=O) groups is 1. The Morgan fingerprint density at radius 3 is 2.77 bits per heavy atom. The molecule has 0 saturated heterocycles. The van der Waals surface area contributed by atoms with Gasteiger partial charge < -0.3 is 4.90 Å². The fourth-order valence-electron chi connectivity index (χ4n) is 2.77. The first-order chi connectivity index (χ1) is 10.7. The standard InChI is InChI=1S/C17H19N3OS/c1-12-8-9-14-6-3-4-7-15(14)20(12)16(21)13(2)22-17-18-10-5-11-19-17/h3-7,10-13H,8-9H2,1-2H3/t12-,13-/m0/s1. The number of carbonyl (C=O) groups excluding carboxylic acids is 1. The second-order valence-electron chi connectivity index (χ2n) is 5.52. The van der Waals surface area contributed by atoms with E-state index in [0.717, 1.165) is 18.5 Å². The monoisotopic (exact) mass is 313 g/mol. The van der Waals surface area contributed by atoms with Gasteiger partial charge in [0.2, 0.25) is 5.91 Å². The van der Waals surface area contributed by atoms with E-state index in [0.29, 0.717) is 5.16 Å². The highest BCUT2D eigenvalue weighted by Crippen LogP contribution is 2.33. The summed E-state index contributed by atoms with van der Waals surface area (Å²) in [7, 11) is 0. The van der Waals surface area contributed by atoms with Crippen LogP contribution in [0.1, 0.15) is 25.8 Å². The van der Waals surface area contributed by atoms with Gasteiger partial charge in [0.1, 0.15) is 0 Å². The van der Waals surface area contributed by atoms with E-state index in [4.69, 9.17) is 0 Å². The van der Waals surface area contributed by atoms with E-state index in [9.17, 15) is 4.79 Å². The highest BCUT2D eigenvalue weighted by atomic mass is 32.2. The molecule has 2 heterocycles. The lowest BCUT2D eigenvalue weighted by Gasteiger charge is -2.36. The largest absolute Gasteiger partial charge is 0.308 e. The first-order valence-electron chi connectivity index (χ1n) is 7.51. The van der Waals surface area contributed by atoms with E-state index in [1.165, 1.54) is 17.3 Å². The molecular formula is C17H19N3OS. The van der Waals surface area contributed by atoms with Crippen LogP contribution >= 0.6 is 11.8 Å². The number of hydrogen-bond donors (Lipinski definition) is 0. The molecule has 0 N–H and O–H groups in total. The Bertz CT molecular complexity index is 662. The van der Waals surface area contributed by atoms with E-state index in [-0.39, 0.29) is 17.2 Å². The number of rotatable bonds is 3. The number of para-hydroxylation sites is 1. The predicted molar refractivity (Wildman–Crippen MR) is 89.1 cm³/mol. The molecule has 0 radical (unpaired) electrons. The molecule has 3 rings (SSSR count). The van der Waals surface area contributed by atoms with Crippen LogP contribution in [0.4, 0.5) is 5.69 Å². The summed E-state index contributed by atoms with van der Waals surface area (Å²) in [6.45, 7) is 4.04. The molecule has 0 bridgehead atoms. The molecule has 0 unspecified atom stereocenters. The summed E-state index contributed by atoms with van der Waals surface area (Å²) in [5.74, 6) is 0.122. The van der Waals surface area contributed by atoms with Gasteiger partial charge in [-0.3, -0.25) is 4.79 Å². The minimum atomic E-state index is -0.212. The third-order valence-electron chi connectivity index (χ3n) is 3.93. The van der Waals surface area contributed by atoms with Gasteiger partial charge in [-0.25, -0.2) is 9.97 Å². The van der Waals surface area contributed by atoms with E-state index >= 15 is 0 Å². The molecule has 1 aliphatic rings. The zero-order valence-electron chi connectivity index (χ0n) is 12.8. The average molecular weight is 313 g/mol. The zero-order chi connectivity index (χ0) is 15.5. The first-order valence-corrected chi connectivity index (χ1v) is 8.39. The lowest BCUT2D eigenvalue weighted by molar-refractivity contribution is -0.118. The maximum Gasteiger partial charge on any atom is 0.240 e. The summed E-state index contributed by atoms with van der Waals surface area (Å²) >= 11 is 1.41. The third-order valence-corrected chi connectivity index (χ3v) is 4.91. The lowest BCUT2D eigenvalue weighted by Crippen LogP contribution is -2.45. The fourth-order valence-corrected chi connectivity index (χ4v) is 3.55. The van der Waals surface area contributed by atoms with Crippen LogP contribution in [0.3, 0.4) is 0 Å². The van der Waals surface area contributed by atoms with Crippen molar-refractivity contribution in [3.8, 4) is 0 Å². The molecule has 0 spiro atoms. The number of benzene rings is 1. The van der Waals surface area contributed by atoms with Crippen molar-refractivity contribution in [2.45, 2.75) is 43.1 Å². The minimum Gasteiger partial charge on any atom is -0.308 e. The van der Waals surface area contributed by atoms with Crippen molar-refractivity contribution in [3.63, 3.8) is 0 Å². The van der Waals surface area contributed by atoms with Gasteiger partial charge >= 0.3 is 0 Å². The van der Waals surface area contributed by atoms with Crippen LogP contribution in [-0.4, -0.2) is 27.2 Å². The molecule has 0 aliphatic carbocycles. The van der Waals surface area contributed by atoms with Gasteiger partial charge in [0.15, 0.2) is 5.16 Å². The summed E-state index contributed by atoms with van der Waals surface area (Å²) in [6.07, 6.45) is 5.43. The first kappa shape index (κ1) is 15.0. The van der Waals surface area contributed by atoms with Crippen LogP contribution in [0, 0.1) is 0 Å². The van der Waals surface area contributed by atoms with Crippen LogP contribution in [0.15, 0.2) is 47.9 Å². The van der Waals surface area contributed by atoms with E-state index in [1.54, 1.807) is 18.5 Å². The Morgan fingerprint density at radius 2 is 2.00 bits per heavy atom. The second kappa shape index (κ2) is 6.48. The number of aromatic nitrogens is 2. The Kier molecular flexibility index (Phi) is 4.43. The number of fused-ring (bicyclic) bond motifs is 1. The highest BCUT2D eigenvalue weighted by Gasteiger charge is 2.31. The molecule has 2 aromatic rings. The van der Waals surface area contributed by atoms with Gasteiger partial charge in [0, 0.05) is 24.1 Å². The van der Waals surface area contributed by atoms with Gasteiger partial charge in [-0.05, 0) is 44.4 Å². The third kappa shape index (κ3) is 2.99. The summed E-state index contributed by atoms with van der Waals surface area (Å²) in [5.41, 5.74) is 2.30. The Balaban J connectivity index is 1.82. The Morgan fingerprint density at radius 1 is 1.27 bits per heavy atom. The van der Waals surface area contributed by atoms with E-state index in [1.807, 2.05) is 30.0 Å². The van der Waals surface area contributed by atoms with Crippen LogP contribution < -0.4 is 4.90 Å². The van der Waals surface area contributed by atoms with Gasteiger partial charge in [0.05, 0.1) is 5.25 Å². The molecule has 22 heavy (non-hydrogen) atoms. The van der Waals surface area contributed by atoms with Gasteiger partial charge in [0.25, 0.3) is 0 Å². The minimum absolute atomic E-state index is 0.122. The number of hydrogen-bond acceptors (Lipinski definition) is 4. The molecule has 2 atom stereocenters. The van der Waals surface area contributed by atoms with Crippen LogP contribution in [0.5, 0.6) is 0 Å². The van der Waals surface area contributed by atoms with Crippen molar-refractivity contribution in [1.82, 2.24) is 9.97 Å². The maximum absolute atomic E-state index is 12.9. The van der Waals surface area contributed by atoms with Crippen molar-refractivity contribution in [1.29, 1.82) is 0 Å². The molecule has 1 amide bonds. The number of thioether (sulfide) groups is 1. The molecule has 4 nitrogen and oxygen atoms in total. The molecular weight excluding hydrogens is 294 g/mol. The number of anilines is 1. The Hall–Kier alpha value is -1.88. The molecule has 0 saturated carbocycles. The topological polar surface area (TPSA) is 46.1 Å². The molecule has 1 aromatic heterocycles. The van der Waals surface area contributed by atoms with Crippen LogP contribution in [0.2, 0.25) is 0 Å². The predicted octanol–water partition coefficient (Wildman–Crippen LogP) is 3.33. The van der Waals surface area contributed by atoms with Crippen molar-refractivity contribution < 1.29 is 4.79 Å². The van der Waals surface area contributed by atoms with Crippen LogP contribution in [-0.2, 0) is 11.2 Å². The number of amides is 1. The summed E-state index contributed by atoms with van der Waals surface area (Å²) in [6, 6.07) is 10.2. The quantitative estimate of drug-likeness (QED) is 0.644. The van der Waals surface area contributed by atoms with Gasteiger partial charge in [-0.1, -0.05) is 30.0 Å². The Labute approximate surface area is 135 Å². The van der Waals surface area contributed by atoms with Crippen LogP contribution in [0.25, 0.3) is 0 Å². The van der Waals surface area contributed by atoms with Gasteiger partial charge in [-0.2, -0.15) is 0 Å². The van der Waals surface area contributed by atoms with E-state index < -0.39 is 0 Å². The van der Waals surface area contributed by atoms with Crippen molar-refractivity contribution >= 4 is 23.4 Å². The summed E-state index contributed by atoms with van der Waals surface area (Å²) in [4.78, 5) is 23.3. The van der Waals surface area contributed by atoms with E-state index in [2.05, 4.69) is 23.0 Å². The molecule has 114 valence electrons. The normalized spacial score (nSPS) is 18.6. The van der Waals surface area contributed by atoms with Gasteiger partial charge in [-0.15, -0.1) is 0 Å². The van der Waals surface area contributed by atoms with Crippen molar-refractivity contribution in [2.75, 3.05) is 4.90 Å². The maximum atomic E-state index is 12.9. The lowest BCUT2D eigenvalue weighted by atomic mass is 9.96. The fraction of sp³-hybridized carbons (Fsp3) is 0.353. The van der Waals surface area contributed by atoms with Crippen molar-refractivity contribution in [3.05, 3.63) is 48.3 Å². The number of nitrogens with zero attached hydrogens (tertiary/aromatic N) is 3.